The van der Waals surface area contributed by atoms with Crippen LogP contribution in [-0.2, 0) is 6.42 Å². The number of rotatable bonds is 6. The Morgan fingerprint density at radius 2 is 2.00 bits per heavy atom. The lowest BCUT2D eigenvalue weighted by Gasteiger charge is -2.32. The second-order valence-electron chi connectivity index (χ2n) is 6.28. The number of nitrogens with one attached hydrogen (secondary N) is 1. The van der Waals surface area contributed by atoms with Gasteiger partial charge in [-0.1, -0.05) is 33.8 Å². The number of hydrogen-bond acceptors (Lipinski definition) is 2. The summed E-state index contributed by atoms with van der Waals surface area (Å²) in [5.41, 5.74) is 2.91. The van der Waals surface area contributed by atoms with Crippen LogP contribution in [0.1, 0.15) is 51.7 Å². The van der Waals surface area contributed by atoms with Gasteiger partial charge in [-0.25, -0.2) is 0 Å². The summed E-state index contributed by atoms with van der Waals surface area (Å²) in [6.07, 6.45) is 7.38. The third-order valence-electron chi connectivity index (χ3n) is 3.34. The van der Waals surface area contributed by atoms with Crippen molar-refractivity contribution >= 4 is 0 Å². The zero-order valence-corrected chi connectivity index (χ0v) is 12.6. The van der Waals surface area contributed by atoms with Crippen molar-refractivity contribution in [2.75, 3.05) is 6.54 Å². The zero-order valence-electron chi connectivity index (χ0n) is 12.6. The second-order valence-corrected chi connectivity index (χ2v) is 6.28. The summed E-state index contributed by atoms with van der Waals surface area (Å²) in [6, 6.07) is 2.81. The molecule has 0 saturated carbocycles. The van der Waals surface area contributed by atoms with E-state index in [0.717, 1.165) is 13.0 Å². The molecule has 0 saturated heterocycles. The van der Waals surface area contributed by atoms with E-state index in [2.05, 4.69) is 51.0 Å². The molecule has 0 spiro atoms. The molecular formula is C16H28N2. The van der Waals surface area contributed by atoms with Gasteiger partial charge in [-0.3, -0.25) is 4.98 Å². The van der Waals surface area contributed by atoms with Crippen LogP contribution in [0.15, 0.2) is 18.5 Å². The summed E-state index contributed by atoms with van der Waals surface area (Å²) in [6.45, 7) is 12.4. The van der Waals surface area contributed by atoms with E-state index in [-0.39, 0.29) is 0 Å². The third-order valence-corrected chi connectivity index (χ3v) is 3.34. The summed E-state index contributed by atoms with van der Waals surface area (Å²) < 4.78 is 0. The van der Waals surface area contributed by atoms with Crippen LogP contribution in [0, 0.1) is 12.3 Å². The summed E-state index contributed by atoms with van der Waals surface area (Å²) in [5, 5.41) is 3.67. The number of aromatic nitrogens is 1. The van der Waals surface area contributed by atoms with E-state index in [9.17, 15) is 0 Å². The number of nitrogens with zero attached hydrogens (tertiary/aromatic N) is 1. The summed E-state index contributed by atoms with van der Waals surface area (Å²) in [4.78, 5) is 4.27. The zero-order chi connectivity index (χ0) is 13.6. The Bertz CT molecular complexity index is 352. The van der Waals surface area contributed by atoms with E-state index < -0.39 is 0 Å². The molecule has 1 aromatic rings. The van der Waals surface area contributed by atoms with Gasteiger partial charge in [0, 0.05) is 18.4 Å². The Morgan fingerprint density at radius 1 is 1.28 bits per heavy atom. The van der Waals surface area contributed by atoms with Gasteiger partial charge in [0.15, 0.2) is 0 Å². The molecule has 1 N–H and O–H groups in total. The topological polar surface area (TPSA) is 24.9 Å². The van der Waals surface area contributed by atoms with Crippen molar-refractivity contribution in [2.24, 2.45) is 5.41 Å². The van der Waals surface area contributed by atoms with Crippen LogP contribution < -0.4 is 5.32 Å². The van der Waals surface area contributed by atoms with Crippen LogP contribution in [0.2, 0.25) is 0 Å². The molecule has 1 rings (SSSR count). The van der Waals surface area contributed by atoms with Gasteiger partial charge < -0.3 is 5.32 Å². The molecular weight excluding hydrogens is 220 g/mol. The predicted octanol–water partition coefficient (Wildman–Crippen LogP) is 3.74. The first-order chi connectivity index (χ1) is 8.43. The van der Waals surface area contributed by atoms with Crippen molar-refractivity contribution in [1.82, 2.24) is 10.3 Å². The van der Waals surface area contributed by atoms with Gasteiger partial charge in [-0.15, -0.1) is 0 Å². The van der Waals surface area contributed by atoms with Crippen LogP contribution >= 0.6 is 0 Å². The maximum Gasteiger partial charge on any atom is 0.0300 e. The summed E-state index contributed by atoms with van der Waals surface area (Å²) >= 11 is 0. The van der Waals surface area contributed by atoms with Crippen molar-refractivity contribution in [3.8, 4) is 0 Å². The fraction of sp³-hybridized carbons (Fsp3) is 0.688. The van der Waals surface area contributed by atoms with E-state index in [4.69, 9.17) is 0 Å². The molecule has 0 radical (unpaired) electrons. The van der Waals surface area contributed by atoms with E-state index in [0.29, 0.717) is 11.5 Å². The maximum absolute atomic E-state index is 4.27. The smallest absolute Gasteiger partial charge is 0.0300 e. The number of aryl methyl sites for hydroxylation is 2. The molecule has 0 aliphatic heterocycles. The standard InChI is InChI=1S/C16H28N2/c1-6-9-18-15(16(3,4)5)8-7-14-10-13(2)11-17-12-14/h10-12,15,18H,6-9H2,1-5H3. The van der Waals surface area contributed by atoms with Crippen LogP contribution in [0.4, 0.5) is 0 Å². The van der Waals surface area contributed by atoms with E-state index in [1.165, 1.54) is 24.0 Å². The first kappa shape index (κ1) is 15.2. The van der Waals surface area contributed by atoms with Crippen LogP contribution in [0.3, 0.4) is 0 Å². The predicted molar refractivity (Wildman–Crippen MR) is 78.8 cm³/mol. The molecule has 1 atom stereocenters. The maximum atomic E-state index is 4.27. The average molecular weight is 248 g/mol. The molecule has 1 unspecified atom stereocenters. The molecule has 2 nitrogen and oxygen atoms in total. The van der Waals surface area contributed by atoms with Crippen LogP contribution in [-0.4, -0.2) is 17.6 Å². The minimum absolute atomic E-state index is 0.312. The van der Waals surface area contributed by atoms with Gasteiger partial charge >= 0.3 is 0 Å². The Labute approximate surface area is 112 Å². The number of hydrogen-bond donors (Lipinski definition) is 1. The Kier molecular flexibility index (Phi) is 5.80. The monoisotopic (exact) mass is 248 g/mol. The first-order valence-electron chi connectivity index (χ1n) is 7.07. The minimum Gasteiger partial charge on any atom is -0.313 e. The highest BCUT2D eigenvalue weighted by molar-refractivity contribution is 5.16. The van der Waals surface area contributed by atoms with Crippen molar-refractivity contribution in [3.63, 3.8) is 0 Å². The Balaban J connectivity index is 2.56. The molecule has 0 aromatic carbocycles. The van der Waals surface area contributed by atoms with Crippen LogP contribution in [0.25, 0.3) is 0 Å². The van der Waals surface area contributed by atoms with Gasteiger partial charge in [0.2, 0.25) is 0 Å². The lowest BCUT2D eigenvalue weighted by Crippen LogP contribution is -2.41. The lowest BCUT2D eigenvalue weighted by molar-refractivity contribution is 0.255. The van der Waals surface area contributed by atoms with Gasteiger partial charge in [0.05, 0.1) is 0 Å². The Morgan fingerprint density at radius 3 is 2.56 bits per heavy atom. The molecule has 0 amide bonds. The lowest BCUT2D eigenvalue weighted by atomic mass is 9.83. The summed E-state index contributed by atoms with van der Waals surface area (Å²) in [7, 11) is 0. The molecule has 0 bridgehead atoms. The van der Waals surface area contributed by atoms with E-state index in [1.807, 2.05) is 12.4 Å². The summed E-state index contributed by atoms with van der Waals surface area (Å²) in [5.74, 6) is 0. The minimum atomic E-state index is 0.312. The molecule has 0 aliphatic rings. The average Bonchev–Trinajstić information content (AvgIpc) is 2.27. The third kappa shape index (κ3) is 5.18. The van der Waals surface area contributed by atoms with Crippen molar-refractivity contribution < 1.29 is 0 Å². The molecule has 2 heteroatoms. The molecule has 0 fully saturated rings. The molecule has 1 heterocycles. The quantitative estimate of drug-likeness (QED) is 0.829. The highest BCUT2D eigenvalue weighted by Gasteiger charge is 2.23. The number of pyridine rings is 1. The fourth-order valence-electron chi connectivity index (χ4n) is 2.23. The molecule has 0 aliphatic carbocycles. The van der Waals surface area contributed by atoms with Gasteiger partial charge in [-0.2, -0.15) is 0 Å². The molecule has 102 valence electrons. The SMILES string of the molecule is CCCNC(CCc1cncc(C)c1)C(C)(C)C. The van der Waals surface area contributed by atoms with Crippen molar-refractivity contribution in [2.45, 2.75) is 59.9 Å². The van der Waals surface area contributed by atoms with E-state index >= 15 is 0 Å². The van der Waals surface area contributed by atoms with E-state index in [1.54, 1.807) is 0 Å². The van der Waals surface area contributed by atoms with Gasteiger partial charge in [0.25, 0.3) is 0 Å². The van der Waals surface area contributed by atoms with Crippen molar-refractivity contribution in [3.05, 3.63) is 29.6 Å². The highest BCUT2D eigenvalue weighted by atomic mass is 14.9. The van der Waals surface area contributed by atoms with Crippen LogP contribution in [0.5, 0.6) is 0 Å². The normalized spacial score (nSPS) is 13.6. The fourth-order valence-corrected chi connectivity index (χ4v) is 2.23. The van der Waals surface area contributed by atoms with Gasteiger partial charge in [-0.05, 0) is 49.3 Å². The molecule has 18 heavy (non-hydrogen) atoms. The van der Waals surface area contributed by atoms with Crippen molar-refractivity contribution in [1.29, 1.82) is 0 Å². The molecule has 1 aromatic heterocycles. The second kappa shape index (κ2) is 6.89. The highest BCUT2D eigenvalue weighted by Crippen LogP contribution is 2.23. The van der Waals surface area contributed by atoms with Gasteiger partial charge in [0.1, 0.15) is 0 Å². The largest absolute Gasteiger partial charge is 0.313 e. The Hall–Kier alpha value is -0.890. The first-order valence-corrected chi connectivity index (χ1v) is 7.07.